The molecule has 3 nitrogen and oxygen atoms in total. The monoisotopic (exact) mass is 332 g/mol. The molecule has 2 N–H and O–H groups in total. The van der Waals surface area contributed by atoms with Crippen LogP contribution in [0.2, 0.25) is 0 Å². The lowest BCUT2D eigenvalue weighted by Crippen LogP contribution is -2.53. The summed E-state index contributed by atoms with van der Waals surface area (Å²) in [5, 5.41) is 13.3. The van der Waals surface area contributed by atoms with Gasteiger partial charge in [0.2, 0.25) is 0 Å². The molecule has 1 fully saturated rings. The zero-order valence-electron chi connectivity index (χ0n) is 15.8. The van der Waals surface area contributed by atoms with Crippen molar-refractivity contribution in [3.63, 3.8) is 0 Å². The highest BCUT2D eigenvalue weighted by Gasteiger charge is 2.38. The molecule has 0 spiro atoms. The highest BCUT2D eigenvalue weighted by atomic mass is 16.3. The Hall–Kier alpha value is -0.900. The number of benzene rings is 1. The molecule has 1 aromatic carbocycles. The maximum absolute atomic E-state index is 9.50. The first-order chi connectivity index (χ1) is 11.6. The third-order valence-corrected chi connectivity index (χ3v) is 5.48. The van der Waals surface area contributed by atoms with Gasteiger partial charge in [0, 0.05) is 25.7 Å². The quantitative estimate of drug-likeness (QED) is 0.724. The normalized spacial score (nSPS) is 23.5. The predicted molar refractivity (Wildman–Crippen MR) is 102 cm³/mol. The molecule has 0 radical (unpaired) electrons. The molecule has 24 heavy (non-hydrogen) atoms. The molecule has 2 atom stereocenters. The second-order valence-corrected chi connectivity index (χ2v) is 8.02. The highest BCUT2D eigenvalue weighted by molar-refractivity contribution is 5.14. The first-order valence-corrected chi connectivity index (χ1v) is 9.67. The minimum absolute atomic E-state index is 0.232. The molecule has 0 aromatic heterocycles. The van der Waals surface area contributed by atoms with Crippen molar-refractivity contribution in [3.8, 4) is 0 Å². The lowest BCUT2D eigenvalue weighted by atomic mass is 9.67. The molecule has 3 heteroatoms. The minimum atomic E-state index is 0.232. The van der Waals surface area contributed by atoms with E-state index in [1.165, 1.54) is 31.2 Å². The SMILES string of the molecule is CCCNC1C(CN(CCO)Cc2ccccc2)CCCC1(C)C. The Morgan fingerprint density at radius 3 is 2.67 bits per heavy atom. The van der Waals surface area contributed by atoms with Gasteiger partial charge in [0.1, 0.15) is 0 Å². The Morgan fingerprint density at radius 1 is 1.25 bits per heavy atom. The summed E-state index contributed by atoms with van der Waals surface area (Å²) in [5.74, 6) is 0.663. The largest absolute Gasteiger partial charge is 0.395 e. The fourth-order valence-corrected chi connectivity index (χ4v) is 4.27. The molecule has 1 aliphatic carbocycles. The molecule has 2 unspecified atom stereocenters. The van der Waals surface area contributed by atoms with Gasteiger partial charge >= 0.3 is 0 Å². The summed E-state index contributed by atoms with van der Waals surface area (Å²) in [4.78, 5) is 2.43. The average Bonchev–Trinajstić information content (AvgIpc) is 2.55. The Morgan fingerprint density at radius 2 is 2.00 bits per heavy atom. The van der Waals surface area contributed by atoms with Gasteiger partial charge in [0.05, 0.1) is 6.61 Å². The zero-order chi connectivity index (χ0) is 17.4. The van der Waals surface area contributed by atoms with E-state index >= 15 is 0 Å². The van der Waals surface area contributed by atoms with Gasteiger partial charge in [0.25, 0.3) is 0 Å². The van der Waals surface area contributed by atoms with Gasteiger partial charge in [-0.2, -0.15) is 0 Å². The molecular formula is C21H36N2O. The molecule has 2 rings (SSSR count). The molecule has 0 amide bonds. The summed E-state index contributed by atoms with van der Waals surface area (Å²) >= 11 is 0. The Balaban J connectivity index is 2.04. The molecule has 1 aliphatic rings. The second kappa shape index (κ2) is 9.55. The van der Waals surface area contributed by atoms with Crippen molar-refractivity contribution >= 4 is 0 Å². The van der Waals surface area contributed by atoms with Crippen molar-refractivity contribution in [2.24, 2.45) is 11.3 Å². The Bertz CT molecular complexity index is 460. The van der Waals surface area contributed by atoms with E-state index in [-0.39, 0.29) is 6.61 Å². The fourth-order valence-electron chi connectivity index (χ4n) is 4.27. The third-order valence-electron chi connectivity index (χ3n) is 5.48. The molecule has 0 saturated heterocycles. The van der Waals surface area contributed by atoms with Gasteiger partial charge in [-0.1, -0.05) is 57.5 Å². The zero-order valence-corrected chi connectivity index (χ0v) is 15.8. The first-order valence-electron chi connectivity index (χ1n) is 9.67. The number of aliphatic hydroxyl groups is 1. The van der Waals surface area contributed by atoms with Crippen LogP contribution in [-0.2, 0) is 6.54 Å². The number of nitrogens with zero attached hydrogens (tertiary/aromatic N) is 1. The summed E-state index contributed by atoms with van der Waals surface area (Å²) in [5.41, 5.74) is 1.69. The third kappa shape index (κ3) is 5.58. The van der Waals surface area contributed by atoms with Crippen molar-refractivity contribution < 1.29 is 5.11 Å². The lowest BCUT2D eigenvalue weighted by Gasteiger charge is -2.46. The Kier molecular flexibility index (Phi) is 7.73. The van der Waals surface area contributed by atoms with Crippen LogP contribution in [0.15, 0.2) is 30.3 Å². The maximum atomic E-state index is 9.50. The van der Waals surface area contributed by atoms with Gasteiger partial charge in [-0.05, 0) is 42.7 Å². The van der Waals surface area contributed by atoms with Crippen molar-refractivity contribution in [1.29, 1.82) is 0 Å². The number of hydrogen-bond acceptors (Lipinski definition) is 3. The van der Waals surface area contributed by atoms with Crippen molar-refractivity contribution in [3.05, 3.63) is 35.9 Å². The summed E-state index contributed by atoms with van der Waals surface area (Å²) in [6.07, 6.45) is 5.11. The first kappa shape index (κ1) is 19.4. The summed E-state index contributed by atoms with van der Waals surface area (Å²) in [7, 11) is 0. The Labute approximate surface area is 148 Å². The molecule has 136 valence electrons. The van der Waals surface area contributed by atoms with E-state index in [1.54, 1.807) is 0 Å². The average molecular weight is 333 g/mol. The van der Waals surface area contributed by atoms with Crippen LogP contribution in [0.4, 0.5) is 0 Å². The summed E-state index contributed by atoms with van der Waals surface area (Å²) in [6.45, 7) is 11.2. The van der Waals surface area contributed by atoms with Gasteiger partial charge < -0.3 is 10.4 Å². The molecular weight excluding hydrogens is 296 g/mol. The summed E-state index contributed by atoms with van der Waals surface area (Å²) < 4.78 is 0. The molecule has 1 aromatic rings. The van der Waals surface area contributed by atoms with E-state index in [9.17, 15) is 5.11 Å². The van der Waals surface area contributed by atoms with Crippen LogP contribution in [0.1, 0.15) is 52.0 Å². The fraction of sp³-hybridized carbons (Fsp3) is 0.714. The molecule has 0 bridgehead atoms. The van der Waals surface area contributed by atoms with Crippen LogP contribution in [0.25, 0.3) is 0 Å². The maximum Gasteiger partial charge on any atom is 0.0558 e. The van der Waals surface area contributed by atoms with Crippen molar-refractivity contribution in [2.75, 3.05) is 26.2 Å². The summed E-state index contributed by atoms with van der Waals surface area (Å²) in [6, 6.07) is 11.2. The standard InChI is InChI=1S/C21H36N2O/c1-4-13-22-20-19(11-8-12-21(20,2)3)17-23(14-15-24)16-18-9-6-5-7-10-18/h5-7,9-10,19-20,22,24H,4,8,11-17H2,1-3H3. The van der Waals surface area contributed by atoms with E-state index in [4.69, 9.17) is 0 Å². The topological polar surface area (TPSA) is 35.5 Å². The van der Waals surface area contributed by atoms with Crippen LogP contribution < -0.4 is 5.32 Å². The van der Waals surface area contributed by atoms with Crippen LogP contribution in [0, 0.1) is 11.3 Å². The number of rotatable bonds is 9. The van der Waals surface area contributed by atoms with Gasteiger partial charge in [-0.3, -0.25) is 4.90 Å². The van der Waals surface area contributed by atoms with E-state index in [2.05, 4.69) is 61.3 Å². The number of nitrogens with one attached hydrogen (secondary N) is 1. The molecule has 0 aliphatic heterocycles. The van der Waals surface area contributed by atoms with Gasteiger partial charge in [-0.25, -0.2) is 0 Å². The van der Waals surface area contributed by atoms with E-state index < -0.39 is 0 Å². The van der Waals surface area contributed by atoms with Crippen LogP contribution in [-0.4, -0.2) is 42.3 Å². The highest BCUT2D eigenvalue weighted by Crippen LogP contribution is 2.39. The minimum Gasteiger partial charge on any atom is -0.395 e. The lowest BCUT2D eigenvalue weighted by molar-refractivity contribution is 0.0703. The van der Waals surface area contributed by atoms with Crippen molar-refractivity contribution in [2.45, 2.75) is 59.0 Å². The van der Waals surface area contributed by atoms with Crippen LogP contribution in [0.3, 0.4) is 0 Å². The molecule has 0 heterocycles. The van der Waals surface area contributed by atoms with Gasteiger partial charge in [0.15, 0.2) is 0 Å². The second-order valence-electron chi connectivity index (χ2n) is 8.02. The smallest absolute Gasteiger partial charge is 0.0558 e. The van der Waals surface area contributed by atoms with Crippen molar-refractivity contribution in [1.82, 2.24) is 10.2 Å². The van der Waals surface area contributed by atoms with E-state index in [0.29, 0.717) is 17.4 Å². The predicted octanol–water partition coefficient (Wildman–Crippen LogP) is 3.68. The van der Waals surface area contributed by atoms with Crippen LogP contribution >= 0.6 is 0 Å². The van der Waals surface area contributed by atoms with E-state index in [0.717, 1.165) is 26.2 Å². The number of hydrogen-bond donors (Lipinski definition) is 2. The van der Waals surface area contributed by atoms with E-state index in [1.807, 2.05) is 0 Å². The van der Waals surface area contributed by atoms with Gasteiger partial charge in [-0.15, -0.1) is 0 Å². The number of aliphatic hydroxyl groups excluding tert-OH is 1. The van der Waals surface area contributed by atoms with Crippen LogP contribution in [0.5, 0.6) is 0 Å². The molecule has 1 saturated carbocycles.